The number of carbonyl (C=O) groups excluding carboxylic acids is 1. The third kappa shape index (κ3) is 2.47. The topological polar surface area (TPSA) is 46.5 Å². The summed E-state index contributed by atoms with van der Waals surface area (Å²) in [5.41, 5.74) is 0.243. The lowest BCUT2D eigenvalue weighted by atomic mass is 10.1. The van der Waals surface area contributed by atoms with Gasteiger partial charge in [0.1, 0.15) is 16.0 Å². The van der Waals surface area contributed by atoms with Gasteiger partial charge in [-0.1, -0.05) is 0 Å². The molecule has 0 amide bonds. The molecule has 3 nitrogen and oxygen atoms in total. The summed E-state index contributed by atoms with van der Waals surface area (Å²) >= 11 is 3.01. The van der Waals surface area contributed by atoms with Crippen molar-refractivity contribution >= 4 is 21.7 Å². The number of hydrogen-bond donors (Lipinski definition) is 1. The van der Waals surface area contributed by atoms with E-state index in [4.69, 9.17) is 4.74 Å². The quantitative estimate of drug-likeness (QED) is 0.923. The van der Waals surface area contributed by atoms with Gasteiger partial charge in [0.05, 0.1) is 7.11 Å². The van der Waals surface area contributed by atoms with Crippen LogP contribution in [0.25, 0.3) is 0 Å². The average molecular weight is 277 g/mol. The van der Waals surface area contributed by atoms with Gasteiger partial charge in [-0.25, -0.2) is 4.39 Å². The van der Waals surface area contributed by atoms with Crippen molar-refractivity contribution in [1.29, 1.82) is 0 Å². The van der Waals surface area contributed by atoms with Crippen molar-refractivity contribution in [1.82, 2.24) is 0 Å². The Morgan fingerprint density at radius 2 is 2.27 bits per heavy atom. The van der Waals surface area contributed by atoms with Gasteiger partial charge in [0, 0.05) is 12.0 Å². The fourth-order valence-electron chi connectivity index (χ4n) is 1.23. The van der Waals surface area contributed by atoms with Crippen LogP contribution in [-0.2, 0) is 11.2 Å². The van der Waals surface area contributed by atoms with E-state index in [0.717, 1.165) is 6.07 Å². The van der Waals surface area contributed by atoms with Crippen LogP contribution in [0, 0.1) is 5.82 Å². The van der Waals surface area contributed by atoms with E-state index in [0.29, 0.717) is 0 Å². The summed E-state index contributed by atoms with van der Waals surface area (Å²) in [6.45, 7) is 1.37. The summed E-state index contributed by atoms with van der Waals surface area (Å²) in [5.74, 6) is -0.997. The molecule has 0 unspecified atom stereocenters. The fraction of sp³-hybridized carbons (Fsp3) is 0.300. The zero-order valence-corrected chi connectivity index (χ0v) is 9.89. The first kappa shape index (κ1) is 12.0. The van der Waals surface area contributed by atoms with Crippen molar-refractivity contribution in [3.8, 4) is 11.5 Å². The van der Waals surface area contributed by atoms with Crippen LogP contribution < -0.4 is 4.74 Å². The second-order valence-electron chi connectivity index (χ2n) is 3.09. The van der Waals surface area contributed by atoms with Crippen LogP contribution in [0.4, 0.5) is 4.39 Å². The maximum atomic E-state index is 13.4. The second kappa shape index (κ2) is 4.61. The van der Waals surface area contributed by atoms with Gasteiger partial charge in [0.25, 0.3) is 0 Å². The van der Waals surface area contributed by atoms with Crippen molar-refractivity contribution in [2.75, 3.05) is 7.11 Å². The molecule has 1 N–H and O–H groups in total. The molecule has 15 heavy (non-hydrogen) atoms. The van der Waals surface area contributed by atoms with Crippen molar-refractivity contribution < 1.29 is 19.0 Å². The van der Waals surface area contributed by atoms with E-state index in [-0.39, 0.29) is 33.7 Å². The molecule has 0 saturated heterocycles. The molecule has 0 spiro atoms. The van der Waals surface area contributed by atoms with E-state index in [9.17, 15) is 14.3 Å². The highest BCUT2D eigenvalue weighted by molar-refractivity contribution is 9.10. The summed E-state index contributed by atoms with van der Waals surface area (Å²) in [6, 6.07) is 1.10. The summed E-state index contributed by atoms with van der Waals surface area (Å²) in [6.07, 6.45) is -0.00858. The monoisotopic (exact) mass is 276 g/mol. The average Bonchev–Trinajstić information content (AvgIpc) is 2.14. The smallest absolute Gasteiger partial charge is 0.172 e. The zero-order valence-electron chi connectivity index (χ0n) is 8.30. The Morgan fingerprint density at radius 3 is 2.73 bits per heavy atom. The number of rotatable bonds is 3. The minimum atomic E-state index is -0.613. The largest absolute Gasteiger partial charge is 0.506 e. The van der Waals surface area contributed by atoms with Crippen LogP contribution >= 0.6 is 15.9 Å². The van der Waals surface area contributed by atoms with Gasteiger partial charge >= 0.3 is 0 Å². The number of ether oxygens (including phenoxy) is 1. The summed E-state index contributed by atoms with van der Waals surface area (Å²) in [7, 11) is 1.30. The van der Waals surface area contributed by atoms with Gasteiger partial charge in [-0.2, -0.15) is 0 Å². The maximum Gasteiger partial charge on any atom is 0.172 e. The highest BCUT2D eigenvalue weighted by atomic mass is 79.9. The van der Waals surface area contributed by atoms with Crippen LogP contribution in [0.15, 0.2) is 10.5 Å². The number of halogens is 2. The lowest BCUT2D eigenvalue weighted by molar-refractivity contribution is -0.116. The Bertz CT molecular complexity index is 404. The Balaban J connectivity index is 3.27. The number of phenols is 1. The van der Waals surface area contributed by atoms with Crippen LogP contribution in [0.3, 0.4) is 0 Å². The Labute approximate surface area is 95.0 Å². The van der Waals surface area contributed by atoms with E-state index in [1.807, 2.05) is 0 Å². The zero-order chi connectivity index (χ0) is 11.6. The number of phenolic OH excluding ortho intramolecular Hbond substituents is 1. The van der Waals surface area contributed by atoms with Gasteiger partial charge < -0.3 is 9.84 Å². The molecule has 0 atom stereocenters. The van der Waals surface area contributed by atoms with Gasteiger partial charge in [-0.05, 0) is 28.9 Å². The molecule has 0 bridgehead atoms. The van der Waals surface area contributed by atoms with Gasteiger partial charge in [0.15, 0.2) is 11.6 Å². The van der Waals surface area contributed by atoms with E-state index >= 15 is 0 Å². The predicted molar refractivity (Wildman–Crippen MR) is 56.7 cm³/mol. The summed E-state index contributed by atoms with van der Waals surface area (Å²) in [5, 5.41) is 9.64. The van der Waals surface area contributed by atoms with Crippen molar-refractivity contribution in [2.24, 2.45) is 0 Å². The van der Waals surface area contributed by atoms with Gasteiger partial charge in [0.2, 0.25) is 0 Å². The molecule has 1 aromatic rings. The third-order valence-electron chi connectivity index (χ3n) is 1.87. The molecule has 82 valence electrons. The third-order valence-corrected chi connectivity index (χ3v) is 2.61. The molecule has 0 aromatic heterocycles. The van der Waals surface area contributed by atoms with E-state index in [2.05, 4.69) is 15.9 Å². The molecule has 1 aromatic carbocycles. The number of methoxy groups -OCH3 is 1. The normalized spacial score (nSPS) is 10.1. The summed E-state index contributed by atoms with van der Waals surface area (Å²) in [4.78, 5) is 10.9. The number of benzene rings is 1. The molecular weight excluding hydrogens is 267 g/mol. The molecule has 0 radical (unpaired) electrons. The first-order valence-electron chi connectivity index (χ1n) is 4.20. The number of ketones is 1. The molecule has 0 heterocycles. The lowest BCUT2D eigenvalue weighted by Crippen LogP contribution is -2.00. The highest BCUT2D eigenvalue weighted by Gasteiger charge is 2.17. The Kier molecular flexibility index (Phi) is 3.68. The SMILES string of the molecule is COc1c(F)cc(CC(C)=O)c(O)c1Br. The number of carbonyl (C=O) groups is 1. The first-order chi connectivity index (χ1) is 6.97. The molecule has 0 saturated carbocycles. The number of hydrogen-bond acceptors (Lipinski definition) is 3. The summed E-state index contributed by atoms with van der Waals surface area (Å²) < 4.78 is 18.2. The van der Waals surface area contributed by atoms with Gasteiger partial charge in [-0.15, -0.1) is 0 Å². The van der Waals surface area contributed by atoms with Crippen molar-refractivity contribution in [3.05, 3.63) is 21.9 Å². The van der Waals surface area contributed by atoms with Crippen LogP contribution in [0.5, 0.6) is 11.5 Å². The van der Waals surface area contributed by atoms with Gasteiger partial charge in [-0.3, -0.25) is 4.79 Å². The van der Waals surface area contributed by atoms with E-state index in [1.54, 1.807) is 0 Å². The Hall–Kier alpha value is -1.10. The van der Waals surface area contributed by atoms with Crippen LogP contribution in [0.2, 0.25) is 0 Å². The maximum absolute atomic E-state index is 13.4. The molecule has 1 rings (SSSR count). The van der Waals surface area contributed by atoms with Crippen molar-refractivity contribution in [2.45, 2.75) is 13.3 Å². The molecule has 5 heteroatoms. The van der Waals surface area contributed by atoms with Crippen LogP contribution in [-0.4, -0.2) is 18.0 Å². The number of aromatic hydroxyl groups is 1. The molecule has 0 aliphatic rings. The molecule has 0 aliphatic carbocycles. The minimum Gasteiger partial charge on any atom is -0.506 e. The highest BCUT2D eigenvalue weighted by Crippen LogP contribution is 2.38. The van der Waals surface area contributed by atoms with Crippen LogP contribution in [0.1, 0.15) is 12.5 Å². The second-order valence-corrected chi connectivity index (χ2v) is 3.89. The predicted octanol–water partition coefficient (Wildman–Crippen LogP) is 2.43. The first-order valence-corrected chi connectivity index (χ1v) is 5.00. The molecule has 0 aliphatic heterocycles. The number of Topliss-reactive ketones (excluding diaryl/α,β-unsaturated/α-hetero) is 1. The lowest BCUT2D eigenvalue weighted by Gasteiger charge is -2.10. The fourth-order valence-corrected chi connectivity index (χ4v) is 1.84. The van der Waals surface area contributed by atoms with E-state index in [1.165, 1.54) is 14.0 Å². The molecule has 0 fully saturated rings. The molecular formula is C10H10BrFO3. The Morgan fingerprint density at radius 1 is 1.67 bits per heavy atom. The van der Waals surface area contributed by atoms with Crippen molar-refractivity contribution in [3.63, 3.8) is 0 Å². The standard InChI is InChI=1S/C10H10BrFO3/c1-5(13)3-6-4-7(12)10(15-2)8(11)9(6)14/h4,14H,3H2,1-2H3. The van der Waals surface area contributed by atoms with E-state index < -0.39 is 5.82 Å². The minimum absolute atomic E-state index is 0.00858.